The van der Waals surface area contributed by atoms with Gasteiger partial charge in [-0.1, -0.05) is 17.7 Å². The molecule has 0 saturated carbocycles. The predicted molar refractivity (Wildman–Crippen MR) is 71.4 cm³/mol. The minimum absolute atomic E-state index is 0.118. The Balaban J connectivity index is 2.46. The number of aryl methyl sites for hydroxylation is 1. The second-order valence-electron chi connectivity index (χ2n) is 3.86. The zero-order valence-corrected chi connectivity index (χ0v) is 11.2. The summed E-state index contributed by atoms with van der Waals surface area (Å²) in [6.07, 6.45) is 0. The average molecular weight is 270 g/mol. The highest BCUT2D eigenvalue weighted by molar-refractivity contribution is 7.10. The molecular weight excluding hydrogens is 257 g/mol. The summed E-state index contributed by atoms with van der Waals surface area (Å²) in [6, 6.07) is 6.72. The lowest BCUT2D eigenvalue weighted by Gasteiger charge is -2.17. The van der Waals surface area contributed by atoms with Crippen LogP contribution in [0.2, 0.25) is 5.02 Å². The van der Waals surface area contributed by atoms with E-state index in [1.165, 1.54) is 11.6 Å². The van der Waals surface area contributed by atoms with Gasteiger partial charge in [-0.2, -0.15) is 0 Å². The van der Waals surface area contributed by atoms with Crippen molar-refractivity contribution in [2.75, 3.05) is 7.05 Å². The van der Waals surface area contributed by atoms with Gasteiger partial charge in [0.1, 0.15) is 5.82 Å². The van der Waals surface area contributed by atoms with Crippen molar-refractivity contribution in [3.05, 3.63) is 56.5 Å². The van der Waals surface area contributed by atoms with Crippen molar-refractivity contribution in [1.29, 1.82) is 0 Å². The minimum Gasteiger partial charge on any atom is -0.309 e. The van der Waals surface area contributed by atoms with Crippen LogP contribution in [0.15, 0.2) is 29.6 Å². The largest absolute Gasteiger partial charge is 0.309 e. The van der Waals surface area contributed by atoms with E-state index in [-0.39, 0.29) is 11.9 Å². The Labute approximate surface area is 109 Å². The van der Waals surface area contributed by atoms with Crippen LogP contribution in [-0.2, 0) is 0 Å². The smallest absolute Gasteiger partial charge is 0.129 e. The first kappa shape index (κ1) is 12.6. The molecule has 0 amide bonds. The van der Waals surface area contributed by atoms with E-state index in [2.05, 4.69) is 5.32 Å². The van der Waals surface area contributed by atoms with Gasteiger partial charge in [0.2, 0.25) is 0 Å². The summed E-state index contributed by atoms with van der Waals surface area (Å²) in [5, 5.41) is 5.59. The number of halogens is 2. The molecule has 1 atom stereocenters. The molecule has 1 N–H and O–H groups in total. The van der Waals surface area contributed by atoms with E-state index in [4.69, 9.17) is 11.6 Å². The van der Waals surface area contributed by atoms with Crippen LogP contribution in [0.4, 0.5) is 4.39 Å². The van der Waals surface area contributed by atoms with Crippen LogP contribution in [0, 0.1) is 12.7 Å². The van der Waals surface area contributed by atoms with Gasteiger partial charge in [-0.05, 0) is 43.1 Å². The van der Waals surface area contributed by atoms with Gasteiger partial charge in [-0.15, -0.1) is 11.3 Å². The van der Waals surface area contributed by atoms with Gasteiger partial charge in [-0.25, -0.2) is 4.39 Å². The van der Waals surface area contributed by atoms with Gasteiger partial charge in [0.25, 0.3) is 0 Å². The zero-order valence-electron chi connectivity index (χ0n) is 9.63. The fraction of sp³-hybridized carbons (Fsp3) is 0.231. The first-order valence-electron chi connectivity index (χ1n) is 5.29. The summed E-state index contributed by atoms with van der Waals surface area (Å²) in [5.74, 6) is -0.273. The Morgan fingerprint density at radius 3 is 2.65 bits per heavy atom. The summed E-state index contributed by atoms with van der Waals surface area (Å²) >= 11 is 7.39. The normalized spacial score (nSPS) is 12.7. The minimum atomic E-state index is -0.273. The highest BCUT2D eigenvalue weighted by Gasteiger charge is 2.19. The fourth-order valence-electron chi connectivity index (χ4n) is 1.84. The van der Waals surface area contributed by atoms with Gasteiger partial charge in [0.05, 0.1) is 6.04 Å². The van der Waals surface area contributed by atoms with E-state index in [1.54, 1.807) is 23.5 Å². The molecule has 0 saturated heterocycles. The molecule has 1 aromatic carbocycles. The number of benzene rings is 1. The predicted octanol–water partition coefficient (Wildman–Crippen LogP) is 4.16. The summed E-state index contributed by atoms with van der Waals surface area (Å²) in [7, 11) is 1.83. The van der Waals surface area contributed by atoms with Crippen LogP contribution >= 0.6 is 22.9 Å². The number of rotatable bonds is 3. The summed E-state index contributed by atoms with van der Waals surface area (Å²) in [5.41, 5.74) is 1.80. The van der Waals surface area contributed by atoms with Crippen LogP contribution < -0.4 is 5.32 Å². The Morgan fingerprint density at radius 1 is 1.35 bits per heavy atom. The number of thiophene rings is 1. The average Bonchev–Trinajstić information content (AvgIpc) is 2.69. The lowest BCUT2D eigenvalue weighted by atomic mass is 10.0. The third kappa shape index (κ3) is 2.51. The molecule has 17 heavy (non-hydrogen) atoms. The van der Waals surface area contributed by atoms with E-state index < -0.39 is 0 Å². The maximum atomic E-state index is 13.9. The topological polar surface area (TPSA) is 12.0 Å². The lowest BCUT2D eigenvalue weighted by Crippen LogP contribution is -2.18. The van der Waals surface area contributed by atoms with E-state index in [1.807, 2.05) is 25.4 Å². The number of hydrogen-bond acceptors (Lipinski definition) is 2. The van der Waals surface area contributed by atoms with Crippen LogP contribution in [-0.4, -0.2) is 7.05 Å². The van der Waals surface area contributed by atoms with Crippen LogP contribution in [0.5, 0.6) is 0 Å². The third-order valence-electron chi connectivity index (χ3n) is 2.73. The van der Waals surface area contributed by atoms with Crippen LogP contribution in [0.1, 0.15) is 22.0 Å². The first-order chi connectivity index (χ1) is 8.13. The molecule has 0 aliphatic rings. The molecule has 2 aromatic rings. The van der Waals surface area contributed by atoms with Crippen molar-refractivity contribution >= 4 is 22.9 Å². The van der Waals surface area contributed by atoms with E-state index in [0.717, 1.165) is 4.88 Å². The Bertz CT molecular complexity index is 524. The molecule has 1 heterocycles. The second-order valence-corrected chi connectivity index (χ2v) is 5.24. The van der Waals surface area contributed by atoms with E-state index in [9.17, 15) is 4.39 Å². The maximum absolute atomic E-state index is 13.9. The molecule has 0 radical (unpaired) electrons. The quantitative estimate of drug-likeness (QED) is 0.882. The molecule has 0 aliphatic carbocycles. The summed E-state index contributed by atoms with van der Waals surface area (Å²) < 4.78 is 13.9. The summed E-state index contributed by atoms with van der Waals surface area (Å²) in [4.78, 5) is 1.13. The highest BCUT2D eigenvalue weighted by atomic mass is 35.5. The molecule has 2 rings (SSSR count). The van der Waals surface area contributed by atoms with E-state index in [0.29, 0.717) is 10.6 Å². The van der Waals surface area contributed by atoms with Gasteiger partial charge in [0, 0.05) is 15.5 Å². The van der Waals surface area contributed by atoms with Gasteiger partial charge >= 0.3 is 0 Å². The van der Waals surface area contributed by atoms with Crippen molar-refractivity contribution in [2.45, 2.75) is 13.0 Å². The third-order valence-corrected chi connectivity index (χ3v) is 4.04. The van der Waals surface area contributed by atoms with Crippen LogP contribution in [0.3, 0.4) is 0 Å². The van der Waals surface area contributed by atoms with Crippen molar-refractivity contribution in [3.63, 3.8) is 0 Å². The molecule has 1 aromatic heterocycles. The van der Waals surface area contributed by atoms with Gasteiger partial charge in [0.15, 0.2) is 0 Å². The second kappa shape index (κ2) is 5.17. The Hall–Kier alpha value is -0.900. The Kier molecular flexibility index (Phi) is 3.82. The lowest BCUT2D eigenvalue weighted by molar-refractivity contribution is 0.578. The van der Waals surface area contributed by atoms with Crippen LogP contribution in [0.25, 0.3) is 0 Å². The van der Waals surface area contributed by atoms with Crippen molar-refractivity contribution < 1.29 is 4.39 Å². The molecule has 90 valence electrons. The molecule has 0 bridgehead atoms. The molecule has 0 spiro atoms. The molecular formula is C13H13ClFNS. The molecule has 0 fully saturated rings. The van der Waals surface area contributed by atoms with E-state index >= 15 is 0 Å². The van der Waals surface area contributed by atoms with Gasteiger partial charge in [-0.3, -0.25) is 0 Å². The summed E-state index contributed by atoms with van der Waals surface area (Å²) in [6.45, 7) is 2.03. The molecule has 0 aliphatic heterocycles. The van der Waals surface area contributed by atoms with Gasteiger partial charge < -0.3 is 5.32 Å². The zero-order chi connectivity index (χ0) is 12.4. The molecule has 4 heteroatoms. The maximum Gasteiger partial charge on any atom is 0.129 e. The SMILES string of the molecule is CNC(c1ccc(Cl)cc1F)c1sccc1C. The monoisotopic (exact) mass is 269 g/mol. The van der Waals surface area contributed by atoms with Crippen molar-refractivity contribution in [3.8, 4) is 0 Å². The Morgan fingerprint density at radius 2 is 2.12 bits per heavy atom. The standard InChI is InChI=1S/C13H13ClFNS/c1-8-5-6-17-13(8)12(16-2)10-4-3-9(14)7-11(10)15/h3-7,12,16H,1-2H3. The van der Waals surface area contributed by atoms with Crippen molar-refractivity contribution in [1.82, 2.24) is 5.32 Å². The van der Waals surface area contributed by atoms with Crippen molar-refractivity contribution in [2.24, 2.45) is 0 Å². The highest BCUT2D eigenvalue weighted by Crippen LogP contribution is 2.31. The molecule has 1 unspecified atom stereocenters. The first-order valence-corrected chi connectivity index (χ1v) is 6.55. The number of hydrogen-bond donors (Lipinski definition) is 1. The molecule has 1 nitrogen and oxygen atoms in total. The fourth-order valence-corrected chi connectivity index (χ4v) is 3.06. The number of nitrogens with one attached hydrogen (secondary N) is 1.